The summed E-state index contributed by atoms with van der Waals surface area (Å²) in [4.78, 5) is 10.7. The molecule has 0 radical (unpaired) electrons. The molecule has 0 amide bonds. The molecule has 1 aliphatic heterocycles. The van der Waals surface area contributed by atoms with Crippen LogP contribution in [0.25, 0.3) is 0 Å². The first-order valence-electron chi connectivity index (χ1n) is 3.54. The van der Waals surface area contributed by atoms with Crippen LogP contribution >= 0.6 is 0 Å². The third kappa shape index (κ3) is 0.824. The van der Waals surface area contributed by atoms with E-state index in [1.807, 2.05) is 0 Å². The standard InChI is InChI=1S/C7H10O2/c8-7-4-5-1-2-6(3-5)9-7/h5-6H,1-4H2/t5-,6+/m1/s1. The highest BCUT2D eigenvalue weighted by Crippen LogP contribution is 2.34. The van der Waals surface area contributed by atoms with E-state index in [0.717, 1.165) is 12.8 Å². The van der Waals surface area contributed by atoms with E-state index in [2.05, 4.69) is 0 Å². The molecule has 1 aliphatic carbocycles. The maximum absolute atomic E-state index is 10.7. The molecule has 1 heterocycles. The van der Waals surface area contributed by atoms with E-state index in [4.69, 9.17) is 4.74 Å². The van der Waals surface area contributed by atoms with Crippen LogP contribution in [0.1, 0.15) is 25.7 Å². The van der Waals surface area contributed by atoms with Gasteiger partial charge in [0.15, 0.2) is 0 Å². The summed E-state index contributed by atoms with van der Waals surface area (Å²) in [5.41, 5.74) is 0. The minimum absolute atomic E-state index is 0.0220. The maximum Gasteiger partial charge on any atom is 0.306 e. The smallest absolute Gasteiger partial charge is 0.306 e. The number of fused-ring (bicyclic) bond motifs is 2. The van der Waals surface area contributed by atoms with Gasteiger partial charge >= 0.3 is 5.97 Å². The Balaban J connectivity index is 2.11. The van der Waals surface area contributed by atoms with Gasteiger partial charge in [-0.15, -0.1) is 0 Å². The summed E-state index contributed by atoms with van der Waals surface area (Å²) in [5.74, 6) is 0.685. The highest BCUT2D eigenvalue weighted by molar-refractivity contribution is 5.70. The van der Waals surface area contributed by atoms with Gasteiger partial charge in [0.05, 0.1) is 0 Å². The van der Waals surface area contributed by atoms with Gasteiger partial charge < -0.3 is 4.74 Å². The molecule has 0 aromatic carbocycles. The Morgan fingerprint density at radius 3 is 3.11 bits per heavy atom. The van der Waals surface area contributed by atoms with E-state index in [1.54, 1.807) is 0 Å². The monoisotopic (exact) mass is 126 g/mol. The Morgan fingerprint density at radius 2 is 2.33 bits per heavy atom. The van der Waals surface area contributed by atoms with Gasteiger partial charge in [0, 0.05) is 6.42 Å². The SMILES string of the molecule is O=C1C[C@@H]2CC[C@@H](C2)O1. The van der Waals surface area contributed by atoms with E-state index in [0.29, 0.717) is 12.3 Å². The number of ether oxygens (including phenoxy) is 1. The lowest BCUT2D eigenvalue weighted by atomic mass is 10.0. The lowest BCUT2D eigenvalue weighted by molar-refractivity contribution is -0.152. The Morgan fingerprint density at radius 1 is 1.44 bits per heavy atom. The van der Waals surface area contributed by atoms with Crippen LogP contribution in [0.2, 0.25) is 0 Å². The highest BCUT2D eigenvalue weighted by atomic mass is 16.5. The fourth-order valence-corrected chi connectivity index (χ4v) is 1.79. The number of carbonyl (C=O) groups is 1. The van der Waals surface area contributed by atoms with Crippen molar-refractivity contribution >= 4 is 5.97 Å². The molecule has 0 spiro atoms. The van der Waals surface area contributed by atoms with Crippen molar-refractivity contribution in [2.75, 3.05) is 0 Å². The van der Waals surface area contributed by atoms with Gasteiger partial charge in [-0.25, -0.2) is 0 Å². The van der Waals surface area contributed by atoms with Crippen LogP contribution < -0.4 is 0 Å². The molecule has 0 aromatic heterocycles. The Labute approximate surface area is 54.2 Å². The predicted octanol–water partition coefficient (Wildman–Crippen LogP) is 1.10. The van der Waals surface area contributed by atoms with Crippen molar-refractivity contribution < 1.29 is 9.53 Å². The second-order valence-electron chi connectivity index (χ2n) is 3.00. The van der Waals surface area contributed by atoms with E-state index < -0.39 is 0 Å². The molecule has 1 saturated carbocycles. The van der Waals surface area contributed by atoms with Crippen LogP contribution in [0.15, 0.2) is 0 Å². The second-order valence-corrected chi connectivity index (χ2v) is 3.00. The molecular formula is C7H10O2. The lowest BCUT2D eigenvalue weighted by Crippen LogP contribution is -2.21. The van der Waals surface area contributed by atoms with Crippen molar-refractivity contribution in [3.05, 3.63) is 0 Å². The van der Waals surface area contributed by atoms with Crippen molar-refractivity contribution in [3.63, 3.8) is 0 Å². The van der Waals surface area contributed by atoms with Crippen LogP contribution in [0.4, 0.5) is 0 Å². The average Bonchev–Trinajstić information content (AvgIpc) is 2.11. The number of esters is 1. The second kappa shape index (κ2) is 1.72. The summed E-state index contributed by atoms with van der Waals surface area (Å²) in [5, 5.41) is 0. The van der Waals surface area contributed by atoms with E-state index in [-0.39, 0.29) is 12.1 Å². The Kier molecular flexibility index (Phi) is 1.01. The van der Waals surface area contributed by atoms with Crippen molar-refractivity contribution in [1.82, 2.24) is 0 Å². The lowest BCUT2D eigenvalue weighted by Gasteiger charge is -2.17. The number of hydrogen-bond donors (Lipinski definition) is 0. The highest BCUT2D eigenvalue weighted by Gasteiger charge is 2.34. The zero-order valence-corrected chi connectivity index (χ0v) is 5.30. The Bertz CT molecular complexity index is 128. The summed E-state index contributed by atoms with van der Waals surface area (Å²) in [7, 11) is 0. The van der Waals surface area contributed by atoms with Crippen LogP contribution in [-0.4, -0.2) is 12.1 Å². The zero-order chi connectivity index (χ0) is 6.27. The van der Waals surface area contributed by atoms with Gasteiger partial charge in [-0.1, -0.05) is 0 Å². The molecule has 2 atom stereocenters. The van der Waals surface area contributed by atoms with Gasteiger partial charge in [0.1, 0.15) is 6.10 Å². The first-order chi connectivity index (χ1) is 4.34. The molecule has 2 aliphatic rings. The van der Waals surface area contributed by atoms with E-state index in [9.17, 15) is 4.79 Å². The molecule has 2 heteroatoms. The van der Waals surface area contributed by atoms with Gasteiger partial charge in [-0.05, 0) is 25.2 Å². The summed E-state index contributed by atoms with van der Waals surface area (Å²) >= 11 is 0. The molecule has 2 bridgehead atoms. The molecule has 2 nitrogen and oxygen atoms in total. The minimum Gasteiger partial charge on any atom is -0.462 e. The number of rotatable bonds is 0. The van der Waals surface area contributed by atoms with Crippen molar-refractivity contribution in [2.45, 2.75) is 31.8 Å². The molecule has 0 aromatic rings. The number of carbonyl (C=O) groups excluding carboxylic acids is 1. The van der Waals surface area contributed by atoms with Crippen molar-refractivity contribution in [1.29, 1.82) is 0 Å². The molecule has 0 unspecified atom stereocenters. The summed E-state index contributed by atoms with van der Waals surface area (Å²) < 4.78 is 5.04. The normalized spacial score (nSPS) is 40.7. The zero-order valence-electron chi connectivity index (χ0n) is 5.30. The first kappa shape index (κ1) is 5.27. The summed E-state index contributed by atoms with van der Waals surface area (Å²) in [6.45, 7) is 0. The minimum atomic E-state index is 0.0220. The number of hydrogen-bond acceptors (Lipinski definition) is 2. The van der Waals surface area contributed by atoms with E-state index >= 15 is 0 Å². The largest absolute Gasteiger partial charge is 0.462 e. The third-order valence-electron chi connectivity index (χ3n) is 2.25. The fraction of sp³-hybridized carbons (Fsp3) is 0.857. The molecule has 2 rings (SSSR count). The fourth-order valence-electron chi connectivity index (χ4n) is 1.79. The first-order valence-corrected chi connectivity index (χ1v) is 3.54. The molecule has 1 saturated heterocycles. The van der Waals surface area contributed by atoms with Gasteiger partial charge in [-0.3, -0.25) is 4.79 Å². The predicted molar refractivity (Wildman–Crippen MR) is 31.8 cm³/mol. The third-order valence-corrected chi connectivity index (χ3v) is 2.25. The molecular weight excluding hydrogens is 116 g/mol. The quantitative estimate of drug-likeness (QED) is 0.454. The van der Waals surface area contributed by atoms with E-state index in [1.165, 1.54) is 6.42 Å². The summed E-state index contributed by atoms with van der Waals surface area (Å²) in [6.07, 6.45) is 4.41. The molecule has 2 fully saturated rings. The maximum atomic E-state index is 10.7. The summed E-state index contributed by atoms with van der Waals surface area (Å²) in [6, 6.07) is 0. The van der Waals surface area contributed by atoms with Gasteiger partial charge in [0.25, 0.3) is 0 Å². The topological polar surface area (TPSA) is 26.3 Å². The average molecular weight is 126 g/mol. The van der Waals surface area contributed by atoms with Crippen LogP contribution in [0, 0.1) is 5.92 Å². The van der Waals surface area contributed by atoms with Crippen molar-refractivity contribution in [3.8, 4) is 0 Å². The van der Waals surface area contributed by atoms with Gasteiger partial charge in [-0.2, -0.15) is 0 Å². The Hall–Kier alpha value is -0.530. The molecule has 9 heavy (non-hydrogen) atoms. The molecule has 0 N–H and O–H groups in total. The van der Waals surface area contributed by atoms with Crippen LogP contribution in [0.3, 0.4) is 0 Å². The van der Waals surface area contributed by atoms with Crippen molar-refractivity contribution in [2.24, 2.45) is 5.92 Å². The van der Waals surface area contributed by atoms with Gasteiger partial charge in [0.2, 0.25) is 0 Å². The van der Waals surface area contributed by atoms with Crippen LogP contribution in [-0.2, 0) is 9.53 Å². The van der Waals surface area contributed by atoms with Crippen LogP contribution in [0.5, 0.6) is 0 Å². The molecule has 50 valence electrons.